The average molecular weight is 193 g/mol. The van der Waals surface area contributed by atoms with Crippen LogP contribution in [0.5, 0.6) is 11.5 Å². The van der Waals surface area contributed by atoms with Crippen LogP contribution in [0.1, 0.15) is 0 Å². The molecule has 1 aromatic rings. The number of benzene rings is 1. The molecule has 0 bridgehead atoms. The highest BCUT2D eigenvalue weighted by molar-refractivity contribution is 5.31. The van der Waals surface area contributed by atoms with Crippen molar-refractivity contribution in [2.24, 2.45) is 5.73 Å². The van der Waals surface area contributed by atoms with E-state index in [0.717, 1.165) is 11.5 Å². The zero-order valence-corrected chi connectivity index (χ0v) is 8.27. The third-order valence-electron chi connectivity index (χ3n) is 1.71. The van der Waals surface area contributed by atoms with Gasteiger partial charge in [-0.1, -0.05) is 12.2 Å². The maximum absolute atomic E-state index is 5.41. The molecule has 0 aliphatic heterocycles. The molecule has 0 atom stereocenters. The van der Waals surface area contributed by atoms with Crippen molar-refractivity contribution in [3.8, 4) is 11.5 Å². The molecule has 0 aliphatic carbocycles. The van der Waals surface area contributed by atoms with E-state index in [2.05, 4.69) is 0 Å². The molecule has 1 aromatic carbocycles. The van der Waals surface area contributed by atoms with Gasteiger partial charge < -0.3 is 15.2 Å². The quantitative estimate of drug-likeness (QED) is 0.722. The summed E-state index contributed by atoms with van der Waals surface area (Å²) in [5, 5.41) is 0. The number of hydrogen-bond donors (Lipinski definition) is 1. The number of methoxy groups -OCH3 is 1. The van der Waals surface area contributed by atoms with Crippen molar-refractivity contribution in [3.63, 3.8) is 0 Å². The summed E-state index contributed by atoms with van der Waals surface area (Å²) < 4.78 is 10.4. The van der Waals surface area contributed by atoms with E-state index in [-0.39, 0.29) is 0 Å². The van der Waals surface area contributed by atoms with E-state index in [1.54, 1.807) is 7.11 Å². The zero-order chi connectivity index (χ0) is 10.2. The molecule has 0 radical (unpaired) electrons. The minimum atomic E-state index is 0.545. The van der Waals surface area contributed by atoms with Gasteiger partial charge in [0.15, 0.2) is 0 Å². The van der Waals surface area contributed by atoms with Gasteiger partial charge >= 0.3 is 0 Å². The van der Waals surface area contributed by atoms with Crippen LogP contribution in [-0.2, 0) is 0 Å². The van der Waals surface area contributed by atoms with Gasteiger partial charge in [-0.05, 0) is 24.3 Å². The lowest BCUT2D eigenvalue weighted by Crippen LogP contribution is -1.97. The van der Waals surface area contributed by atoms with Gasteiger partial charge in [-0.2, -0.15) is 0 Å². The normalized spacial score (nSPS) is 10.4. The summed E-state index contributed by atoms with van der Waals surface area (Å²) >= 11 is 0. The topological polar surface area (TPSA) is 44.5 Å². The standard InChI is InChI=1S/C11H15NO2/c1-13-10-4-6-11(7-5-10)14-9-3-2-8-12/h2-7H,8-9,12H2,1H3. The molecule has 0 unspecified atom stereocenters. The summed E-state index contributed by atoms with van der Waals surface area (Å²) in [6, 6.07) is 7.47. The van der Waals surface area contributed by atoms with Gasteiger partial charge in [0.25, 0.3) is 0 Å². The Morgan fingerprint density at radius 3 is 2.36 bits per heavy atom. The molecule has 0 spiro atoms. The summed E-state index contributed by atoms with van der Waals surface area (Å²) in [5.41, 5.74) is 5.29. The third-order valence-corrected chi connectivity index (χ3v) is 1.71. The van der Waals surface area contributed by atoms with E-state index in [1.165, 1.54) is 0 Å². The highest BCUT2D eigenvalue weighted by Gasteiger charge is 1.92. The summed E-state index contributed by atoms with van der Waals surface area (Å²) in [5.74, 6) is 1.65. The Kier molecular flexibility index (Phi) is 4.58. The molecule has 0 saturated heterocycles. The Morgan fingerprint density at radius 2 is 1.79 bits per heavy atom. The van der Waals surface area contributed by atoms with Crippen LogP contribution in [-0.4, -0.2) is 20.3 Å². The van der Waals surface area contributed by atoms with E-state index < -0.39 is 0 Å². The monoisotopic (exact) mass is 193 g/mol. The van der Waals surface area contributed by atoms with Gasteiger partial charge in [0.1, 0.15) is 18.1 Å². The Hall–Kier alpha value is -1.48. The second-order valence-electron chi connectivity index (χ2n) is 2.69. The molecule has 3 nitrogen and oxygen atoms in total. The van der Waals surface area contributed by atoms with Crippen molar-refractivity contribution in [1.29, 1.82) is 0 Å². The first kappa shape index (κ1) is 10.6. The highest BCUT2D eigenvalue weighted by Crippen LogP contribution is 2.16. The molecule has 76 valence electrons. The van der Waals surface area contributed by atoms with Gasteiger partial charge in [-0.3, -0.25) is 0 Å². The van der Waals surface area contributed by atoms with Crippen molar-refractivity contribution < 1.29 is 9.47 Å². The first-order valence-corrected chi connectivity index (χ1v) is 4.48. The van der Waals surface area contributed by atoms with E-state index in [1.807, 2.05) is 36.4 Å². The molecule has 3 heteroatoms. The summed E-state index contributed by atoms with van der Waals surface area (Å²) in [6.07, 6.45) is 3.76. The Labute approximate surface area is 84.1 Å². The first-order chi connectivity index (χ1) is 6.86. The van der Waals surface area contributed by atoms with Crippen LogP contribution in [0.2, 0.25) is 0 Å². The SMILES string of the molecule is COc1ccc(OCC=CCN)cc1. The molecule has 1 rings (SSSR count). The van der Waals surface area contributed by atoms with Crippen LogP contribution in [0.4, 0.5) is 0 Å². The van der Waals surface area contributed by atoms with Crippen LogP contribution < -0.4 is 15.2 Å². The Balaban J connectivity index is 2.40. The van der Waals surface area contributed by atoms with Crippen molar-refractivity contribution in [2.45, 2.75) is 0 Å². The van der Waals surface area contributed by atoms with E-state index in [9.17, 15) is 0 Å². The van der Waals surface area contributed by atoms with Crippen molar-refractivity contribution in [1.82, 2.24) is 0 Å². The number of nitrogens with two attached hydrogens (primary N) is 1. The lowest BCUT2D eigenvalue weighted by Gasteiger charge is -2.03. The van der Waals surface area contributed by atoms with Gasteiger partial charge in [0.05, 0.1) is 7.11 Å². The van der Waals surface area contributed by atoms with Crippen LogP contribution in [0.15, 0.2) is 36.4 Å². The Morgan fingerprint density at radius 1 is 1.14 bits per heavy atom. The van der Waals surface area contributed by atoms with Gasteiger partial charge in [-0.25, -0.2) is 0 Å². The molecule has 0 amide bonds. The number of ether oxygens (including phenoxy) is 2. The van der Waals surface area contributed by atoms with Gasteiger partial charge in [0.2, 0.25) is 0 Å². The van der Waals surface area contributed by atoms with Crippen molar-refractivity contribution in [2.75, 3.05) is 20.3 Å². The van der Waals surface area contributed by atoms with Crippen molar-refractivity contribution in [3.05, 3.63) is 36.4 Å². The molecule has 0 aromatic heterocycles. The number of rotatable bonds is 5. The smallest absolute Gasteiger partial charge is 0.120 e. The van der Waals surface area contributed by atoms with Crippen LogP contribution >= 0.6 is 0 Å². The molecule has 0 saturated carbocycles. The van der Waals surface area contributed by atoms with E-state index >= 15 is 0 Å². The first-order valence-electron chi connectivity index (χ1n) is 4.48. The second-order valence-corrected chi connectivity index (χ2v) is 2.69. The summed E-state index contributed by atoms with van der Waals surface area (Å²) in [6.45, 7) is 1.09. The van der Waals surface area contributed by atoms with Gasteiger partial charge in [-0.15, -0.1) is 0 Å². The highest BCUT2D eigenvalue weighted by atomic mass is 16.5. The van der Waals surface area contributed by atoms with Crippen LogP contribution in [0, 0.1) is 0 Å². The van der Waals surface area contributed by atoms with E-state index in [4.69, 9.17) is 15.2 Å². The average Bonchev–Trinajstić information content (AvgIpc) is 2.25. The minimum Gasteiger partial charge on any atom is -0.497 e. The molecule has 0 fully saturated rings. The maximum Gasteiger partial charge on any atom is 0.120 e. The predicted molar refractivity (Wildman–Crippen MR) is 56.7 cm³/mol. The fraction of sp³-hybridized carbons (Fsp3) is 0.273. The molecule has 2 N–H and O–H groups in total. The van der Waals surface area contributed by atoms with Crippen LogP contribution in [0.3, 0.4) is 0 Å². The predicted octanol–water partition coefficient (Wildman–Crippen LogP) is 1.59. The third kappa shape index (κ3) is 3.49. The molecular weight excluding hydrogens is 178 g/mol. The second kappa shape index (κ2) is 6.05. The fourth-order valence-electron chi connectivity index (χ4n) is 0.981. The molecule has 0 aliphatic rings. The number of hydrogen-bond acceptors (Lipinski definition) is 3. The van der Waals surface area contributed by atoms with Gasteiger partial charge in [0, 0.05) is 6.54 Å². The zero-order valence-electron chi connectivity index (χ0n) is 8.27. The van der Waals surface area contributed by atoms with E-state index in [0.29, 0.717) is 13.2 Å². The lowest BCUT2D eigenvalue weighted by atomic mass is 10.3. The minimum absolute atomic E-state index is 0.545. The molecule has 0 heterocycles. The Bertz CT molecular complexity index is 280. The summed E-state index contributed by atoms with van der Waals surface area (Å²) in [7, 11) is 1.64. The molecular formula is C11H15NO2. The summed E-state index contributed by atoms with van der Waals surface area (Å²) in [4.78, 5) is 0. The lowest BCUT2D eigenvalue weighted by molar-refractivity contribution is 0.360. The molecule has 14 heavy (non-hydrogen) atoms. The maximum atomic E-state index is 5.41. The largest absolute Gasteiger partial charge is 0.497 e. The fourth-order valence-corrected chi connectivity index (χ4v) is 0.981. The van der Waals surface area contributed by atoms with Crippen LogP contribution in [0.25, 0.3) is 0 Å². The van der Waals surface area contributed by atoms with Crippen molar-refractivity contribution >= 4 is 0 Å².